The van der Waals surface area contributed by atoms with E-state index in [-0.39, 0.29) is 5.69 Å². The summed E-state index contributed by atoms with van der Waals surface area (Å²) >= 11 is 1.28. The molecule has 5 nitrogen and oxygen atoms in total. The van der Waals surface area contributed by atoms with Gasteiger partial charge in [0.05, 0.1) is 13.7 Å². The zero-order valence-electron chi connectivity index (χ0n) is 10.5. The van der Waals surface area contributed by atoms with Gasteiger partial charge in [-0.25, -0.2) is 9.78 Å². The number of methoxy groups -OCH3 is 1. The number of nitrogens with zero attached hydrogens (tertiary/aromatic N) is 1. The van der Waals surface area contributed by atoms with Gasteiger partial charge in [-0.05, 0) is 25.1 Å². The van der Waals surface area contributed by atoms with Gasteiger partial charge in [0.1, 0.15) is 5.01 Å². The summed E-state index contributed by atoms with van der Waals surface area (Å²) in [5, 5.41) is 11.0. The third kappa shape index (κ3) is 2.85. The molecule has 0 aliphatic heterocycles. The van der Waals surface area contributed by atoms with E-state index in [4.69, 9.17) is 14.6 Å². The quantitative estimate of drug-likeness (QED) is 0.911. The largest absolute Gasteiger partial charge is 0.493 e. The van der Waals surface area contributed by atoms with Crippen molar-refractivity contribution in [3.63, 3.8) is 0 Å². The van der Waals surface area contributed by atoms with Crippen LogP contribution >= 0.6 is 11.3 Å². The highest BCUT2D eigenvalue weighted by Crippen LogP contribution is 2.33. The van der Waals surface area contributed by atoms with Crippen molar-refractivity contribution in [3.8, 4) is 22.1 Å². The van der Waals surface area contributed by atoms with Crippen molar-refractivity contribution in [1.29, 1.82) is 0 Å². The zero-order valence-corrected chi connectivity index (χ0v) is 11.4. The van der Waals surface area contributed by atoms with Crippen LogP contribution < -0.4 is 9.47 Å². The average Bonchev–Trinajstić information content (AvgIpc) is 2.89. The topological polar surface area (TPSA) is 68.7 Å². The van der Waals surface area contributed by atoms with Crippen molar-refractivity contribution in [2.75, 3.05) is 13.7 Å². The van der Waals surface area contributed by atoms with Crippen LogP contribution in [0.3, 0.4) is 0 Å². The molecule has 2 aromatic rings. The summed E-state index contributed by atoms with van der Waals surface area (Å²) < 4.78 is 10.7. The van der Waals surface area contributed by atoms with Crippen LogP contribution in [0.2, 0.25) is 0 Å². The third-order valence-corrected chi connectivity index (χ3v) is 3.33. The van der Waals surface area contributed by atoms with Crippen molar-refractivity contribution in [2.24, 2.45) is 0 Å². The summed E-state index contributed by atoms with van der Waals surface area (Å²) in [6, 6.07) is 5.40. The van der Waals surface area contributed by atoms with Crippen LogP contribution in [0.25, 0.3) is 10.6 Å². The van der Waals surface area contributed by atoms with Crippen molar-refractivity contribution < 1.29 is 19.4 Å². The lowest BCUT2D eigenvalue weighted by Gasteiger charge is -2.09. The summed E-state index contributed by atoms with van der Waals surface area (Å²) in [6.45, 7) is 2.41. The van der Waals surface area contributed by atoms with Crippen LogP contribution in [0.5, 0.6) is 11.5 Å². The van der Waals surface area contributed by atoms with Crippen molar-refractivity contribution in [1.82, 2.24) is 4.98 Å². The van der Waals surface area contributed by atoms with E-state index in [1.807, 2.05) is 13.0 Å². The molecule has 0 saturated carbocycles. The highest BCUT2D eigenvalue weighted by atomic mass is 32.1. The molecule has 0 fully saturated rings. The SMILES string of the molecule is CCOc1cc(-c2nc(C(=O)O)cs2)ccc1OC. The number of carbonyl (C=O) groups is 1. The molecule has 19 heavy (non-hydrogen) atoms. The van der Waals surface area contributed by atoms with E-state index in [0.29, 0.717) is 23.1 Å². The Morgan fingerprint density at radius 3 is 2.79 bits per heavy atom. The minimum Gasteiger partial charge on any atom is -0.493 e. The lowest BCUT2D eigenvalue weighted by molar-refractivity contribution is 0.0691. The molecular formula is C13H13NO4S. The van der Waals surface area contributed by atoms with Gasteiger partial charge >= 0.3 is 5.97 Å². The summed E-state index contributed by atoms with van der Waals surface area (Å²) in [5.41, 5.74) is 0.857. The number of hydrogen-bond donors (Lipinski definition) is 1. The van der Waals surface area contributed by atoms with E-state index >= 15 is 0 Å². The molecule has 0 unspecified atom stereocenters. The molecular weight excluding hydrogens is 266 g/mol. The fourth-order valence-electron chi connectivity index (χ4n) is 1.58. The maximum Gasteiger partial charge on any atom is 0.355 e. The molecule has 0 bridgehead atoms. The van der Waals surface area contributed by atoms with Gasteiger partial charge in [0.15, 0.2) is 17.2 Å². The third-order valence-electron chi connectivity index (χ3n) is 2.43. The van der Waals surface area contributed by atoms with Gasteiger partial charge < -0.3 is 14.6 Å². The van der Waals surface area contributed by atoms with Crippen LogP contribution in [0, 0.1) is 0 Å². The summed E-state index contributed by atoms with van der Waals surface area (Å²) in [5.74, 6) is 0.233. The Morgan fingerprint density at radius 2 is 2.21 bits per heavy atom. The standard InChI is InChI=1S/C13H13NO4S/c1-3-18-11-6-8(4-5-10(11)17-2)12-14-9(7-19-12)13(15)16/h4-7H,3H2,1-2H3,(H,15,16). The molecule has 1 N–H and O–H groups in total. The number of aromatic nitrogens is 1. The average molecular weight is 279 g/mol. The van der Waals surface area contributed by atoms with Gasteiger partial charge in [0, 0.05) is 10.9 Å². The fourth-order valence-corrected chi connectivity index (χ4v) is 2.37. The number of ether oxygens (including phenoxy) is 2. The lowest BCUT2D eigenvalue weighted by atomic mass is 10.2. The van der Waals surface area contributed by atoms with Crippen LogP contribution in [0.1, 0.15) is 17.4 Å². The van der Waals surface area contributed by atoms with Gasteiger partial charge in [-0.1, -0.05) is 0 Å². The smallest absolute Gasteiger partial charge is 0.355 e. The summed E-state index contributed by atoms with van der Waals surface area (Å²) in [7, 11) is 1.57. The first-order chi connectivity index (χ1) is 9.15. The van der Waals surface area contributed by atoms with Crippen molar-refractivity contribution >= 4 is 17.3 Å². The maximum absolute atomic E-state index is 10.8. The van der Waals surface area contributed by atoms with Gasteiger partial charge in [-0.2, -0.15) is 0 Å². The molecule has 1 heterocycles. The first kappa shape index (κ1) is 13.4. The lowest BCUT2D eigenvalue weighted by Crippen LogP contribution is -1.97. The minimum absolute atomic E-state index is 0.0498. The molecule has 1 aromatic carbocycles. The number of carboxylic acid groups (broad SMARTS) is 1. The van der Waals surface area contributed by atoms with Crippen molar-refractivity contribution in [2.45, 2.75) is 6.92 Å². The van der Waals surface area contributed by atoms with E-state index in [1.54, 1.807) is 19.2 Å². The molecule has 0 atom stereocenters. The van der Waals surface area contributed by atoms with Crippen LogP contribution in [-0.4, -0.2) is 29.8 Å². The van der Waals surface area contributed by atoms with Crippen molar-refractivity contribution in [3.05, 3.63) is 29.3 Å². The molecule has 0 saturated heterocycles. The second kappa shape index (κ2) is 5.71. The second-order valence-electron chi connectivity index (χ2n) is 3.64. The maximum atomic E-state index is 10.8. The summed E-state index contributed by atoms with van der Waals surface area (Å²) in [4.78, 5) is 14.9. The molecule has 0 aliphatic carbocycles. The zero-order chi connectivity index (χ0) is 13.8. The molecule has 2 rings (SSSR count). The molecule has 0 radical (unpaired) electrons. The van der Waals surface area contributed by atoms with E-state index in [0.717, 1.165) is 5.56 Å². The Balaban J connectivity index is 2.38. The number of hydrogen-bond acceptors (Lipinski definition) is 5. The Hall–Kier alpha value is -2.08. The summed E-state index contributed by atoms with van der Waals surface area (Å²) in [6.07, 6.45) is 0. The van der Waals surface area contributed by atoms with E-state index in [2.05, 4.69) is 4.98 Å². The van der Waals surface area contributed by atoms with E-state index in [9.17, 15) is 4.79 Å². The second-order valence-corrected chi connectivity index (χ2v) is 4.50. The number of aromatic carboxylic acids is 1. The normalized spacial score (nSPS) is 10.2. The van der Waals surface area contributed by atoms with Gasteiger partial charge in [0.25, 0.3) is 0 Å². The Bertz CT molecular complexity index is 594. The van der Waals surface area contributed by atoms with Gasteiger partial charge in [-0.15, -0.1) is 11.3 Å². The number of rotatable bonds is 5. The Labute approximate surface area is 114 Å². The molecule has 0 spiro atoms. The molecule has 100 valence electrons. The van der Waals surface area contributed by atoms with Crippen LogP contribution in [-0.2, 0) is 0 Å². The highest BCUT2D eigenvalue weighted by Gasteiger charge is 2.12. The molecule has 6 heteroatoms. The Kier molecular flexibility index (Phi) is 4.01. The molecule has 1 aromatic heterocycles. The number of carboxylic acids is 1. The van der Waals surface area contributed by atoms with Crippen LogP contribution in [0.4, 0.5) is 0 Å². The fraction of sp³-hybridized carbons (Fsp3) is 0.231. The number of thiazole rings is 1. The highest BCUT2D eigenvalue weighted by molar-refractivity contribution is 7.13. The predicted octanol–water partition coefficient (Wildman–Crippen LogP) is 2.92. The van der Waals surface area contributed by atoms with Gasteiger partial charge in [-0.3, -0.25) is 0 Å². The van der Waals surface area contributed by atoms with Gasteiger partial charge in [0.2, 0.25) is 0 Å². The monoisotopic (exact) mass is 279 g/mol. The first-order valence-electron chi connectivity index (χ1n) is 5.65. The first-order valence-corrected chi connectivity index (χ1v) is 6.53. The van der Waals surface area contributed by atoms with E-state index < -0.39 is 5.97 Å². The van der Waals surface area contributed by atoms with Crippen LogP contribution in [0.15, 0.2) is 23.6 Å². The van der Waals surface area contributed by atoms with E-state index in [1.165, 1.54) is 16.7 Å². The molecule has 0 aliphatic rings. The minimum atomic E-state index is -1.03. The predicted molar refractivity (Wildman–Crippen MR) is 72.2 cm³/mol. The molecule has 0 amide bonds. The Morgan fingerprint density at radius 1 is 1.42 bits per heavy atom. The number of benzene rings is 1.